The molecule has 3 aromatic rings. The van der Waals surface area contributed by atoms with Crippen LogP contribution in [0, 0.1) is 6.92 Å². The molecule has 6 nitrogen and oxygen atoms in total. The van der Waals surface area contributed by atoms with Crippen LogP contribution in [0.5, 0.6) is 0 Å². The van der Waals surface area contributed by atoms with Crippen LogP contribution in [0.2, 0.25) is 0 Å². The molecule has 7 heteroatoms. The second-order valence-corrected chi connectivity index (χ2v) is 5.64. The zero-order chi connectivity index (χ0) is 15.5. The summed E-state index contributed by atoms with van der Waals surface area (Å²) in [4.78, 5) is 13.0. The lowest BCUT2D eigenvalue weighted by atomic mass is 10.3. The summed E-state index contributed by atoms with van der Waals surface area (Å²) >= 11 is 1.57. The van der Waals surface area contributed by atoms with Crippen molar-refractivity contribution < 1.29 is 9.21 Å². The molecule has 0 spiro atoms. The van der Waals surface area contributed by atoms with Crippen molar-refractivity contribution in [3.05, 3.63) is 52.0 Å². The predicted octanol–water partition coefficient (Wildman–Crippen LogP) is 3.19. The highest BCUT2D eigenvalue weighted by Gasteiger charge is 2.13. The van der Waals surface area contributed by atoms with Gasteiger partial charge in [-0.25, -0.2) is 5.43 Å². The summed E-state index contributed by atoms with van der Waals surface area (Å²) in [5, 5.41) is 12.8. The summed E-state index contributed by atoms with van der Waals surface area (Å²) in [7, 11) is 0. The molecule has 0 aliphatic rings. The third-order valence-corrected chi connectivity index (χ3v) is 4.00. The maximum atomic E-state index is 12.0. The Hall–Kier alpha value is -2.67. The van der Waals surface area contributed by atoms with Crippen molar-refractivity contribution in [2.75, 3.05) is 0 Å². The number of rotatable bonds is 4. The van der Waals surface area contributed by atoms with Crippen molar-refractivity contribution in [2.24, 2.45) is 5.10 Å². The van der Waals surface area contributed by atoms with E-state index in [4.69, 9.17) is 4.42 Å². The smallest absolute Gasteiger partial charge is 0.291 e. The number of hydrazone groups is 1. The van der Waals surface area contributed by atoms with E-state index in [1.54, 1.807) is 17.4 Å². The van der Waals surface area contributed by atoms with Gasteiger partial charge in [0.1, 0.15) is 11.5 Å². The zero-order valence-corrected chi connectivity index (χ0v) is 12.9. The SMILES string of the molecule is CC(=NNC(=O)c1cc(-c2ccc(C)o2)[nH]n1)c1cccs1. The normalized spacial score (nSPS) is 11.6. The number of aryl methyl sites for hydroxylation is 1. The molecule has 112 valence electrons. The Balaban J connectivity index is 1.71. The summed E-state index contributed by atoms with van der Waals surface area (Å²) in [5.74, 6) is 1.07. The molecule has 0 aliphatic carbocycles. The predicted molar refractivity (Wildman–Crippen MR) is 85.0 cm³/mol. The van der Waals surface area contributed by atoms with Gasteiger partial charge in [-0.3, -0.25) is 9.89 Å². The Morgan fingerprint density at radius 1 is 1.41 bits per heavy atom. The molecule has 0 fully saturated rings. The topological polar surface area (TPSA) is 83.3 Å². The summed E-state index contributed by atoms with van der Waals surface area (Å²) in [6.45, 7) is 3.70. The average Bonchev–Trinajstić information content (AvgIpc) is 3.23. The van der Waals surface area contributed by atoms with Crippen molar-refractivity contribution in [2.45, 2.75) is 13.8 Å². The summed E-state index contributed by atoms with van der Waals surface area (Å²) in [6.07, 6.45) is 0. The number of amides is 1. The van der Waals surface area contributed by atoms with Gasteiger partial charge in [-0.05, 0) is 37.4 Å². The highest BCUT2D eigenvalue weighted by molar-refractivity contribution is 7.12. The fourth-order valence-corrected chi connectivity index (χ4v) is 2.55. The lowest BCUT2D eigenvalue weighted by molar-refractivity contribution is 0.0950. The van der Waals surface area contributed by atoms with E-state index in [0.717, 1.165) is 16.3 Å². The van der Waals surface area contributed by atoms with Gasteiger partial charge in [-0.2, -0.15) is 10.2 Å². The van der Waals surface area contributed by atoms with Crippen LogP contribution in [-0.2, 0) is 0 Å². The molecule has 3 heterocycles. The number of hydrogen-bond acceptors (Lipinski definition) is 5. The molecule has 0 aromatic carbocycles. The standard InChI is InChI=1S/C15H14N4O2S/c1-9-5-6-13(21-9)11-8-12(18-17-11)15(20)19-16-10(2)14-4-3-7-22-14/h3-8H,1-2H3,(H,17,18)(H,19,20). The maximum absolute atomic E-state index is 12.0. The molecule has 22 heavy (non-hydrogen) atoms. The van der Waals surface area contributed by atoms with Crippen LogP contribution in [0.4, 0.5) is 0 Å². The van der Waals surface area contributed by atoms with Gasteiger partial charge in [0.05, 0.1) is 5.71 Å². The highest BCUT2D eigenvalue weighted by Crippen LogP contribution is 2.20. The van der Waals surface area contributed by atoms with Gasteiger partial charge < -0.3 is 4.42 Å². The van der Waals surface area contributed by atoms with Gasteiger partial charge >= 0.3 is 0 Å². The molecule has 0 saturated carbocycles. The highest BCUT2D eigenvalue weighted by atomic mass is 32.1. The number of carbonyl (C=O) groups excluding carboxylic acids is 1. The molecule has 3 aromatic heterocycles. The quantitative estimate of drug-likeness (QED) is 0.573. The molecule has 0 aliphatic heterocycles. The van der Waals surface area contributed by atoms with E-state index in [1.807, 2.05) is 43.5 Å². The van der Waals surface area contributed by atoms with Crippen LogP contribution < -0.4 is 5.43 Å². The summed E-state index contributed by atoms with van der Waals surface area (Å²) in [6, 6.07) is 9.19. The van der Waals surface area contributed by atoms with Crippen molar-refractivity contribution in [3.63, 3.8) is 0 Å². The Morgan fingerprint density at radius 3 is 2.95 bits per heavy atom. The first-order valence-corrected chi connectivity index (χ1v) is 7.52. The van der Waals surface area contributed by atoms with Gasteiger partial charge in [0.25, 0.3) is 5.91 Å². The van der Waals surface area contributed by atoms with E-state index in [1.165, 1.54) is 0 Å². The fraction of sp³-hybridized carbons (Fsp3) is 0.133. The number of nitrogens with one attached hydrogen (secondary N) is 2. The molecule has 0 unspecified atom stereocenters. The first kappa shape index (κ1) is 14.3. The average molecular weight is 314 g/mol. The Labute approximate surface area is 130 Å². The van der Waals surface area contributed by atoms with Crippen LogP contribution in [0.15, 0.2) is 45.2 Å². The molecule has 1 amide bonds. The maximum Gasteiger partial charge on any atom is 0.291 e. The number of nitrogens with zero attached hydrogens (tertiary/aromatic N) is 2. The van der Waals surface area contributed by atoms with Crippen molar-refractivity contribution in [1.82, 2.24) is 15.6 Å². The van der Waals surface area contributed by atoms with E-state index in [9.17, 15) is 4.79 Å². The third-order valence-electron chi connectivity index (χ3n) is 3.02. The van der Waals surface area contributed by atoms with Gasteiger partial charge in [-0.1, -0.05) is 6.07 Å². The summed E-state index contributed by atoms with van der Waals surface area (Å²) < 4.78 is 5.48. The van der Waals surface area contributed by atoms with Crippen molar-refractivity contribution >= 4 is 23.0 Å². The zero-order valence-electron chi connectivity index (χ0n) is 12.1. The van der Waals surface area contributed by atoms with E-state index >= 15 is 0 Å². The largest absolute Gasteiger partial charge is 0.460 e. The van der Waals surface area contributed by atoms with Crippen LogP contribution in [0.25, 0.3) is 11.5 Å². The number of aromatic nitrogens is 2. The minimum Gasteiger partial charge on any atom is -0.460 e. The van der Waals surface area contributed by atoms with E-state index in [2.05, 4.69) is 20.7 Å². The van der Waals surface area contributed by atoms with Crippen LogP contribution in [-0.4, -0.2) is 21.8 Å². The minimum absolute atomic E-state index is 0.256. The molecular formula is C15H14N4O2S. The molecule has 3 rings (SSSR count). The van der Waals surface area contributed by atoms with Gasteiger partial charge in [-0.15, -0.1) is 11.3 Å². The summed E-state index contributed by atoms with van der Waals surface area (Å²) in [5.41, 5.74) is 4.16. The lowest BCUT2D eigenvalue weighted by Gasteiger charge is -1.98. The van der Waals surface area contributed by atoms with Crippen LogP contribution in [0.1, 0.15) is 28.0 Å². The number of H-pyrrole nitrogens is 1. The van der Waals surface area contributed by atoms with Crippen LogP contribution in [0.3, 0.4) is 0 Å². The molecule has 2 N–H and O–H groups in total. The van der Waals surface area contributed by atoms with Gasteiger partial charge in [0.15, 0.2) is 11.5 Å². The number of furan rings is 1. The van der Waals surface area contributed by atoms with E-state index < -0.39 is 0 Å². The molecule has 0 saturated heterocycles. The number of aromatic amines is 1. The van der Waals surface area contributed by atoms with Gasteiger partial charge in [0, 0.05) is 10.9 Å². The van der Waals surface area contributed by atoms with E-state index in [-0.39, 0.29) is 11.6 Å². The van der Waals surface area contributed by atoms with Crippen molar-refractivity contribution in [1.29, 1.82) is 0 Å². The fourth-order valence-electron chi connectivity index (χ4n) is 1.87. The number of hydrogen-bond donors (Lipinski definition) is 2. The van der Waals surface area contributed by atoms with Crippen molar-refractivity contribution in [3.8, 4) is 11.5 Å². The first-order chi connectivity index (χ1) is 10.6. The molecule has 0 bridgehead atoms. The molecule has 0 atom stereocenters. The molecular weight excluding hydrogens is 300 g/mol. The van der Waals surface area contributed by atoms with Gasteiger partial charge in [0.2, 0.25) is 0 Å². The third kappa shape index (κ3) is 2.99. The number of carbonyl (C=O) groups is 1. The molecule has 0 radical (unpaired) electrons. The Kier molecular flexibility index (Phi) is 3.88. The Bertz CT molecular complexity index is 814. The van der Waals surface area contributed by atoms with Crippen LogP contribution >= 0.6 is 11.3 Å². The second kappa shape index (κ2) is 5.98. The van der Waals surface area contributed by atoms with E-state index in [0.29, 0.717) is 11.5 Å². The lowest BCUT2D eigenvalue weighted by Crippen LogP contribution is -2.19. The first-order valence-electron chi connectivity index (χ1n) is 6.64. The monoisotopic (exact) mass is 314 g/mol. The Morgan fingerprint density at radius 2 is 2.27 bits per heavy atom. The number of thiophene rings is 1. The second-order valence-electron chi connectivity index (χ2n) is 4.69. The minimum atomic E-state index is -0.373.